The van der Waals surface area contributed by atoms with Crippen LogP contribution in [0.15, 0.2) is 42.5 Å². The zero-order valence-corrected chi connectivity index (χ0v) is 18.6. The lowest BCUT2D eigenvalue weighted by Crippen LogP contribution is -2.42. The van der Waals surface area contributed by atoms with Crippen molar-refractivity contribution in [3.63, 3.8) is 0 Å². The molecule has 0 aromatic heterocycles. The van der Waals surface area contributed by atoms with Crippen molar-refractivity contribution >= 4 is 17.7 Å². The molecule has 2 heterocycles. The summed E-state index contributed by atoms with van der Waals surface area (Å²) in [4.78, 5) is 41.8. The molecular formula is C25H28N2O5. The molecule has 1 saturated heterocycles. The highest BCUT2D eigenvalue weighted by Crippen LogP contribution is 2.38. The van der Waals surface area contributed by atoms with Gasteiger partial charge in [0, 0.05) is 25.9 Å². The van der Waals surface area contributed by atoms with Gasteiger partial charge in [-0.25, -0.2) is 0 Å². The van der Waals surface area contributed by atoms with Crippen molar-refractivity contribution in [1.29, 1.82) is 0 Å². The van der Waals surface area contributed by atoms with E-state index in [9.17, 15) is 19.5 Å². The number of phenolic OH excluding ortho intramolecular Hbond substituents is 1. The average Bonchev–Trinajstić information content (AvgIpc) is 3.01. The molecule has 0 saturated carbocycles. The van der Waals surface area contributed by atoms with Gasteiger partial charge in [-0.1, -0.05) is 30.3 Å². The smallest absolute Gasteiger partial charge is 0.240 e. The molecule has 2 unspecified atom stereocenters. The first-order valence-electron chi connectivity index (χ1n) is 10.9. The summed E-state index contributed by atoms with van der Waals surface area (Å²) in [6.07, 6.45) is 0.814. The number of likely N-dealkylation sites (tertiary alicyclic amines) is 1. The first-order chi connectivity index (χ1) is 15.3. The van der Waals surface area contributed by atoms with E-state index in [0.29, 0.717) is 18.7 Å². The second-order valence-electron chi connectivity index (χ2n) is 8.71. The molecule has 2 atom stereocenters. The second-order valence-corrected chi connectivity index (χ2v) is 8.71. The van der Waals surface area contributed by atoms with E-state index >= 15 is 0 Å². The van der Waals surface area contributed by atoms with Crippen LogP contribution in [0.1, 0.15) is 49.4 Å². The molecule has 32 heavy (non-hydrogen) atoms. The van der Waals surface area contributed by atoms with E-state index < -0.39 is 5.41 Å². The van der Waals surface area contributed by atoms with Gasteiger partial charge in [-0.15, -0.1) is 0 Å². The fourth-order valence-corrected chi connectivity index (χ4v) is 4.83. The number of aromatic hydroxyl groups is 1. The molecule has 4 rings (SSSR count). The van der Waals surface area contributed by atoms with Crippen LogP contribution in [0.2, 0.25) is 0 Å². The van der Waals surface area contributed by atoms with Crippen LogP contribution >= 0.6 is 0 Å². The lowest BCUT2D eigenvalue weighted by molar-refractivity contribution is -0.141. The lowest BCUT2D eigenvalue weighted by Gasteiger charge is -2.36. The van der Waals surface area contributed by atoms with Crippen LogP contribution in [0.25, 0.3) is 0 Å². The predicted molar refractivity (Wildman–Crippen MR) is 118 cm³/mol. The van der Waals surface area contributed by atoms with Crippen molar-refractivity contribution in [2.75, 3.05) is 20.2 Å². The Labute approximate surface area is 187 Å². The summed E-state index contributed by atoms with van der Waals surface area (Å²) in [5.41, 5.74) is 1.84. The lowest BCUT2D eigenvalue weighted by atomic mass is 9.81. The van der Waals surface area contributed by atoms with E-state index in [4.69, 9.17) is 4.74 Å². The number of hydrogen-bond acceptors (Lipinski definition) is 5. The van der Waals surface area contributed by atoms with Gasteiger partial charge in [-0.3, -0.25) is 19.3 Å². The highest BCUT2D eigenvalue weighted by atomic mass is 16.5. The Morgan fingerprint density at radius 1 is 1.22 bits per heavy atom. The van der Waals surface area contributed by atoms with Gasteiger partial charge in [0.15, 0.2) is 11.5 Å². The minimum Gasteiger partial charge on any atom is -0.504 e. The molecule has 0 spiro atoms. The third-order valence-corrected chi connectivity index (χ3v) is 6.78. The molecule has 2 aromatic rings. The van der Waals surface area contributed by atoms with Gasteiger partial charge in [0.2, 0.25) is 17.7 Å². The molecule has 2 aromatic carbocycles. The standard InChI is InChI=1S/C25H28N2O5/c1-16-19-14-21(32-3)20(28)13-17(19)9-11-26(16)22(29)10-12-27-23(30)15-25(2,24(27)31)18-7-5-4-6-8-18/h4-8,13-14,16,28H,9-12,15H2,1-3H3. The maximum Gasteiger partial charge on any atom is 0.240 e. The Morgan fingerprint density at radius 2 is 1.94 bits per heavy atom. The van der Waals surface area contributed by atoms with Crippen LogP contribution in [0, 0.1) is 0 Å². The van der Waals surface area contributed by atoms with Crippen molar-refractivity contribution < 1.29 is 24.2 Å². The van der Waals surface area contributed by atoms with Gasteiger partial charge < -0.3 is 14.7 Å². The quantitative estimate of drug-likeness (QED) is 0.729. The van der Waals surface area contributed by atoms with Gasteiger partial charge in [0.1, 0.15) is 0 Å². The number of methoxy groups -OCH3 is 1. The number of nitrogens with zero attached hydrogens (tertiary/aromatic N) is 2. The van der Waals surface area contributed by atoms with Crippen LogP contribution in [-0.4, -0.2) is 52.8 Å². The van der Waals surface area contributed by atoms with Crippen LogP contribution in [0.5, 0.6) is 11.5 Å². The molecule has 2 aliphatic heterocycles. The third-order valence-electron chi connectivity index (χ3n) is 6.78. The highest BCUT2D eigenvalue weighted by Gasteiger charge is 2.49. The number of hydrogen-bond donors (Lipinski definition) is 1. The molecule has 1 N–H and O–H groups in total. The van der Waals surface area contributed by atoms with Crippen LogP contribution < -0.4 is 4.74 Å². The van der Waals surface area contributed by atoms with Crippen molar-refractivity contribution in [1.82, 2.24) is 9.80 Å². The fraction of sp³-hybridized carbons (Fsp3) is 0.400. The molecule has 7 heteroatoms. The van der Waals surface area contributed by atoms with Crippen molar-refractivity contribution in [3.8, 4) is 11.5 Å². The van der Waals surface area contributed by atoms with Crippen molar-refractivity contribution in [2.45, 2.75) is 44.6 Å². The second kappa shape index (κ2) is 8.30. The van der Waals surface area contributed by atoms with Crippen molar-refractivity contribution in [2.24, 2.45) is 0 Å². The molecule has 0 radical (unpaired) electrons. The van der Waals surface area contributed by atoms with E-state index in [1.807, 2.05) is 37.3 Å². The number of rotatable bonds is 5. The minimum atomic E-state index is -0.892. The monoisotopic (exact) mass is 436 g/mol. The Hall–Kier alpha value is -3.35. The van der Waals surface area contributed by atoms with Crippen molar-refractivity contribution in [3.05, 3.63) is 59.2 Å². The maximum atomic E-state index is 13.1. The Bertz CT molecular complexity index is 1070. The number of imide groups is 1. The number of carbonyl (C=O) groups excluding carboxylic acids is 3. The molecule has 0 aliphatic carbocycles. The first-order valence-corrected chi connectivity index (χ1v) is 10.9. The topological polar surface area (TPSA) is 87.2 Å². The normalized spacial score (nSPS) is 22.8. The zero-order valence-electron chi connectivity index (χ0n) is 18.6. The Morgan fingerprint density at radius 3 is 2.62 bits per heavy atom. The fourth-order valence-electron chi connectivity index (χ4n) is 4.83. The van der Waals surface area contributed by atoms with E-state index in [0.717, 1.165) is 16.7 Å². The summed E-state index contributed by atoms with van der Waals surface area (Å²) in [6, 6.07) is 12.6. The number of carbonyl (C=O) groups is 3. The number of fused-ring (bicyclic) bond motifs is 1. The summed E-state index contributed by atoms with van der Waals surface area (Å²) in [6.45, 7) is 4.32. The van der Waals surface area contributed by atoms with Crippen LogP contribution in [-0.2, 0) is 26.2 Å². The molecule has 3 amide bonds. The maximum absolute atomic E-state index is 13.1. The summed E-state index contributed by atoms with van der Waals surface area (Å²) < 4.78 is 5.21. The van der Waals surface area contributed by atoms with Crippen LogP contribution in [0.4, 0.5) is 0 Å². The zero-order chi connectivity index (χ0) is 23.0. The van der Waals surface area contributed by atoms with Crippen LogP contribution in [0.3, 0.4) is 0 Å². The summed E-state index contributed by atoms with van der Waals surface area (Å²) in [5, 5.41) is 10.0. The Kier molecular flexibility index (Phi) is 5.67. The summed E-state index contributed by atoms with van der Waals surface area (Å²) >= 11 is 0. The number of phenols is 1. The van der Waals surface area contributed by atoms with Gasteiger partial charge in [0.25, 0.3) is 0 Å². The van der Waals surface area contributed by atoms with Gasteiger partial charge in [-0.2, -0.15) is 0 Å². The van der Waals surface area contributed by atoms with E-state index in [-0.39, 0.29) is 48.9 Å². The van der Waals surface area contributed by atoms with E-state index in [2.05, 4.69) is 0 Å². The molecule has 1 fully saturated rings. The number of benzene rings is 2. The summed E-state index contributed by atoms with van der Waals surface area (Å²) in [7, 11) is 1.49. The molecular weight excluding hydrogens is 408 g/mol. The third kappa shape index (κ3) is 3.61. The SMILES string of the molecule is COc1cc2c(cc1O)CCN(C(=O)CCN1C(=O)CC(C)(c3ccccc3)C1=O)C2C. The predicted octanol–water partition coefficient (Wildman–Crippen LogP) is 2.95. The molecule has 0 bridgehead atoms. The molecule has 2 aliphatic rings. The highest BCUT2D eigenvalue weighted by molar-refractivity contribution is 6.09. The largest absolute Gasteiger partial charge is 0.504 e. The van der Waals surface area contributed by atoms with E-state index in [1.165, 1.54) is 12.0 Å². The number of ether oxygens (including phenoxy) is 1. The first kappa shape index (κ1) is 21.9. The van der Waals surface area contributed by atoms with E-state index in [1.54, 1.807) is 24.0 Å². The average molecular weight is 437 g/mol. The number of amides is 3. The molecule has 7 nitrogen and oxygen atoms in total. The summed E-state index contributed by atoms with van der Waals surface area (Å²) in [5.74, 6) is -0.140. The van der Waals surface area contributed by atoms with Gasteiger partial charge in [-0.05, 0) is 49.1 Å². The van der Waals surface area contributed by atoms with Gasteiger partial charge in [0.05, 0.1) is 18.6 Å². The van der Waals surface area contributed by atoms with Gasteiger partial charge >= 0.3 is 0 Å². The Balaban J connectivity index is 1.45. The minimum absolute atomic E-state index is 0.0773. The molecule has 168 valence electrons.